The number of aryl methyl sites for hydroxylation is 2. The molecule has 138 valence electrons. The van der Waals surface area contributed by atoms with Crippen molar-refractivity contribution in [3.63, 3.8) is 0 Å². The standard InChI is InChI=1S/C25H34Si/c1-8-25(12-10-9-11-13-25)26(23-15-17(2)14-18(3)16-23)24-21(6)19(4)20(5)22(24)7/h9-12,14-16,24,26H,8,13H2,1-7H3. The Balaban J connectivity index is 2.24. The van der Waals surface area contributed by atoms with Crippen molar-refractivity contribution in [3.05, 3.63) is 75.9 Å². The molecule has 26 heavy (non-hydrogen) atoms. The van der Waals surface area contributed by atoms with E-state index in [2.05, 4.69) is 91.0 Å². The number of allylic oxidation sites excluding steroid dienone is 8. The minimum Gasteiger partial charge on any atom is -0.0840 e. The van der Waals surface area contributed by atoms with E-state index in [9.17, 15) is 0 Å². The predicted octanol–water partition coefficient (Wildman–Crippen LogP) is 6.46. The molecule has 0 saturated heterocycles. The van der Waals surface area contributed by atoms with Crippen LogP contribution in [0.3, 0.4) is 0 Å². The lowest BCUT2D eigenvalue weighted by molar-refractivity contribution is 0.634. The zero-order valence-electron chi connectivity index (χ0n) is 17.6. The van der Waals surface area contributed by atoms with Crippen molar-refractivity contribution < 1.29 is 0 Å². The Hall–Kier alpha value is -1.60. The van der Waals surface area contributed by atoms with Crippen molar-refractivity contribution in [3.8, 4) is 0 Å². The van der Waals surface area contributed by atoms with E-state index in [4.69, 9.17) is 0 Å². The first-order valence-corrected chi connectivity index (χ1v) is 11.9. The summed E-state index contributed by atoms with van der Waals surface area (Å²) in [6.07, 6.45) is 11.9. The van der Waals surface area contributed by atoms with E-state index in [1.54, 1.807) is 16.3 Å². The third-order valence-electron chi connectivity index (χ3n) is 7.07. The minimum absolute atomic E-state index is 0.326. The maximum absolute atomic E-state index is 2.56. The second-order valence-corrected chi connectivity index (χ2v) is 12.0. The maximum atomic E-state index is 2.56. The van der Waals surface area contributed by atoms with E-state index in [1.807, 2.05) is 0 Å². The van der Waals surface area contributed by atoms with Crippen molar-refractivity contribution in [2.45, 2.75) is 71.9 Å². The van der Waals surface area contributed by atoms with Crippen LogP contribution in [-0.4, -0.2) is 8.80 Å². The van der Waals surface area contributed by atoms with Gasteiger partial charge in [-0.25, -0.2) is 0 Å². The van der Waals surface area contributed by atoms with Gasteiger partial charge in [0.1, 0.15) is 0 Å². The summed E-state index contributed by atoms with van der Waals surface area (Å²) in [6.45, 7) is 16.4. The molecule has 0 amide bonds. The monoisotopic (exact) mass is 362 g/mol. The highest BCUT2D eigenvalue weighted by molar-refractivity contribution is 6.79. The molecule has 0 bridgehead atoms. The molecule has 0 nitrogen and oxygen atoms in total. The van der Waals surface area contributed by atoms with Crippen LogP contribution in [0.1, 0.15) is 58.6 Å². The maximum Gasteiger partial charge on any atom is 0.0924 e. The van der Waals surface area contributed by atoms with Gasteiger partial charge in [0, 0.05) is 0 Å². The van der Waals surface area contributed by atoms with Gasteiger partial charge >= 0.3 is 0 Å². The molecular formula is C25H34Si. The molecule has 2 unspecified atom stereocenters. The fourth-order valence-corrected chi connectivity index (χ4v) is 10.6. The molecule has 0 aromatic heterocycles. The van der Waals surface area contributed by atoms with Crippen molar-refractivity contribution in [1.82, 2.24) is 0 Å². The van der Waals surface area contributed by atoms with Crippen LogP contribution >= 0.6 is 0 Å². The molecule has 1 aromatic rings. The largest absolute Gasteiger partial charge is 0.0924 e. The van der Waals surface area contributed by atoms with Gasteiger partial charge < -0.3 is 0 Å². The second kappa shape index (κ2) is 7.19. The van der Waals surface area contributed by atoms with Crippen LogP contribution in [0.5, 0.6) is 0 Å². The Morgan fingerprint density at radius 1 is 0.885 bits per heavy atom. The first-order valence-electron chi connectivity index (χ1n) is 10.1. The fourth-order valence-electron chi connectivity index (χ4n) is 5.32. The van der Waals surface area contributed by atoms with E-state index >= 15 is 0 Å². The molecule has 2 aliphatic carbocycles. The van der Waals surface area contributed by atoms with Gasteiger partial charge in [-0.1, -0.05) is 76.9 Å². The topological polar surface area (TPSA) is 0 Å². The van der Waals surface area contributed by atoms with Gasteiger partial charge in [0.15, 0.2) is 0 Å². The molecule has 0 spiro atoms. The Bertz CT molecular complexity index is 789. The third kappa shape index (κ3) is 3.11. The van der Waals surface area contributed by atoms with Gasteiger partial charge in [-0.2, -0.15) is 0 Å². The average molecular weight is 363 g/mol. The first kappa shape index (κ1) is 19.2. The molecule has 2 aliphatic rings. The molecule has 0 heterocycles. The molecule has 1 heteroatoms. The Labute approximate surface area is 162 Å². The first-order chi connectivity index (χ1) is 12.3. The lowest BCUT2D eigenvalue weighted by atomic mass is 9.96. The number of hydrogen-bond donors (Lipinski definition) is 0. The van der Waals surface area contributed by atoms with Crippen LogP contribution in [0.2, 0.25) is 10.6 Å². The predicted molar refractivity (Wildman–Crippen MR) is 119 cm³/mol. The van der Waals surface area contributed by atoms with E-state index in [-0.39, 0.29) is 0 Å². The quantitative estimate of drug-likeness (QED) is 0.539. The third-order valence-corrected chi connectivity index (χ3v) is 11.9. The summed E-state index contributed by atoms with van der Waals surface area (Å²) in [6, 6.07) is 7.31. The molecule has 0 aliphatic heterocycles. The molecular weight excluding hydrogens is 328 g/mol. The summed E-state index contributed by atoms with van der Waals surface area (Å²) < 4.78 is 0. The number of benzene rings is 1. The summed E-state index contributed by atoms with van der Waals surface area (Å²) in [5.74, 6) is 0. The minimum atomic E-state index is -1.36. The SMILES string of the molecule is CCC1([SiH](c2cc(C)cc(C)c2)C2C(C)=C(C)C(C)=C2C)C=CC=CC1. The molecule has 0 N–H and O–H groups in total. The van der Waals surface area contributed by atoms with E-state index < -0.39 is 8.80 Å². The Morgan fingerprint density at radius 2 is 1.46 bits per heavy atom. The molecule has 1 aromatic carbocycles. The summed E-state index contributed by atoms with van der Waals surface area (Å²) in [4.78, 5) is 0. The molecule has 2 atom stereocenters. The Morgan fingerprint density at radius 3 is 1.92 bits per heavy atom. The van der Waals surface area contributed by atoms with Crippen LogP contribution in [0.15, 0.2) is 64.8 Å². The molecule has 3 rings (SSSR count). The summed E-state index contributed by atoms with van der Waals surface area (Å²) in [5, 5.41) is 1.98. The average Bonchev–Trinajstić information content (AvgIpc) is 2.80. The number of rotatable bonds is 4. The second-order valence-electron chi connectivity index (χ2n) is 8.57. The van der Waals surface area contributed by atoms with Crippen LogP contribution in [-0.2, 0) is 0 Å². The van der Waals surface area contributed by atoms with Gasteiger partial charge in [-0.15, -0.1) is 0 Å². The zero-order valence-corrected chi connectivity index (χ0v) is 18.8. The fraction of sp³-hybridized carbons (Fsp3) is 0.440. The van der Waals surface area contributed by atoms with E-state index in [1.165, 1.54) is 35.1 Å². The highest BCUT2D eigenvalue weighted by Crippen LogP contribution is 2.53. The highest BCUT2D eigenvalue weighted by Gasteiger charge is 2.45. The smallest absolute Gasteiger partial charge is 0.0840 e. The molecule has 0 radical (unpaired) electrons. The lowest BCUT2D eigenvalue weighted by Crippen LogP contribution is -2.46. The van der Waals surface area contributed by atoms with Gasteiger partial charge in [0.25, 0.3) is 0 Å². The van der Waals surface area contributed by atoms with Gasteiger partial charge in [-0.05, 0) is 76.1 Å². The van der Waals surface area contributed by atoms with Gasteiger partial charge in [-0.3, -0.25) is 0 Å². The van der Waals surface area contributed by atoms with Crippen LogP contribution in [0.25, 0.3) is 0 Å². The van der Waals surface area contributed by atoms with Crippen molar-refractivity contribution in [2.75, 3.05) is 0 Å². The molecule has 0 saturated carbocycles. The summed E-state index contributed by atoms with van der Waals surface area (Å²) >= 11 is 0. The summed E-state index contributed by atoms with van der Waals surface area (Å²) in [5.41, 5.74) is 9.81. The normalized spacial score (nSPS) is 24.7. The van der Waals surface area contributed by atoms with Crippen molar-refractivity contribution >= 4 is 14.0 Å². The van der Waals surface area contributed by atoms with Gasteiger partial charge in [0.2, 0.25) is 0 Å². The van der Waals surface area contributed by atoms with Crippen LogP contribution in [0, 0.1) is 13.8 Å². The van der Waals surface area contributed by atoms with Crippen LogP contribution < -0.4 is 5.19 Å². The van der Waals surface area contributed by atoms with Crippen molar-refractivity contribution in [1.29, 1.82) is 0 Å². The van der Waals surface area contributed by atoms with Crippen molar-refractivity contribution in [2.24, 2.45) is 0 Å². The highest BCUT2D eigenvalue weighted by atomic mass is 28.3. The molecule has 0 fully saturated rings. The van der Waals surface area contributed by atoms with E-state index in [0.29, 0.717) is 10.6 Å². The summed E-state index contributed by atoms with van der Waals surface area (Å²) in [7, 11) is -1.36. The number of hydrogen-bond acceptors (Lipinski definition) is 0. The van der Waals surface area contributed by atoms with E-state index in [0.717, 1.165) is 0 Å². The van der Waals surface area contributed by atoms with Crippen LogP contribution in [0.4, 0.5) is 0 Å². The van der Waals surface area contributed by atoms with Gasteiger partial charge in [0.05, 0.1) is 8.80 Å². The zero-order chi connectivity index (χ0) is 19.1. The Kier molecular flexibility index (Phi) is 5.30. The lowest BCUT2D eigenvalue weighted by Gasteiger charge is -2.42.